The second-order valence-corrected chi connectivity index (χ2v) is 5.62. The molecule has 0 aliphatic carbocycles. The Morgan fingerprint density at radius 3 is 2.29 bits per heavy atom. The van der Waals surface area contributed by atoms with Crippen molar-refractivity contribution in [1.29, 1.82) is 0 Å². The molecule has 0 unspecified atom stereocenters. The molecule has 1 aromatic heterocycles. The number of alkyl halides is 3. The Morgan fingerprint density at radius 1 is 1.12 bits per heavy atom. The van der Waals surface area contributed by atoms with Gasteiger partial charge in [0.25, 0.3) is 5.56 Å². The molecule has 1 N–H and O–H groups in total. The van der Waals surface area contributed by atoms with E-state index < -0.39 is 3.79 Å². The van der Waals surface area contributed by atoms with Crippen LogP contribution < -0.4 is 5.56 Å². The Morgan fingerprint density at radius 2 is 1.76 bits per heavy atom. The molecule has 1 heterocycles. The molecule has 2 aromatic rings. The summed E-state index contributed by atoms with van der Waals surface area (Å²) in [5.41, 5.74) is 0.855. The van der Waals surface area contributed by atoms with Crippen LogP contribution in [0, 0.1) is 0 Å². The van der Waals surface area contributed by atoms with Gasteiger partial charge in [-0.3, -0.25) is 4.79 Å². The lowest BCUT2D eigenvalue weighted by Crippen LogP contribution is -2.17. The first-order valence-corrected chi connectivity index (χ1v) is 5.84. The fourth-order valence-corrected chi connectivity index (χ4v) is 1.65. The predicted molar refractivity (Wildman–Crippen MR) is 69.5 cm³/mol. The van der Waals surface area contributed by atoms with Gasteiger partial charge in [-0.05, 0) is 5.56 Å². The van der Waals surface area contributed by atoms with Crippen molar-refractivity contribution in [2.45, 2.75) is 3.79 Å². The first-order chi connectivity index (χ1) is 7.98. The van der Waals surface area contributed by atoms with E-state index in [1.165, 1.54) is 6.20 Å². The number of nitrogens with one attached hydrogen (secondary N) is 1. The normalized spacial score (nSPS) is 11.5. The topological polar surface area (TPSA) is 45.8 Å². The summed E-state index contributed by atoms with van der Waals surface area (Å²) in [7, 11) is 0. The van der Waals surface area contributed by atoms with Gasteiger partial charge in [0.1, 0.15) is 0 Å². The number of H-pyrrole nitrogens is 1. The van der Waals surface area contributed by atoms with Crippen molar-refractivity contribution in [2.24, 2.45) is 0 Å². The highest BCUT2D eigenvalue weighted by Gasteiger charge is 2.26. The van der Waals surface area contributed by atoms with Gasteiger partial charge in [0, 0.05) is 6.20 Å². The molecule has 0 radical (unpaired) electrons. The number of benzene rings is 1. The maximum atomic E-state index is 11.8. The summed E-state index contributed by atoms with van der Waals surface area (Å²) < 4.78 is -1.73. The molecule has 0 bridgehead atoms. The van der Waals surface area contributed by atoms with Gasteiger partial charge in [-0.15, -0.1) is 0 Å². The SMILES string of the molecule is O=c1[nH]c(C(Cl)(Cl)Cl)ncc1-c1ccccc1. The van der Waals surface area contributed by atoms with Crippen molar-refractivity contribution in [3.63, 3.8) is 0 Å². The third kappa shape index (κ3) is 2.80. The number of hydrogen-bond donors (Lipinski definition) is 1. The summed E-state index contributed by atoms with van der Waals surface area (Å²) in [6.45, 7) is 0. The molecule has 1 aromatic carbocycles. The van der Waals surface area contributed by atoms with E-state index >= 15 is 0 Å². The zero-order valence-corrected chi connectivity index (χ0v) is 10.7. The molecule has 0 saturated carbocycles. The smallest absolute Gasteiger partial charge is 0.258 e. The van der Waals surface area contributed by atoms with Gasteiger partial charge in [0.05, 0.1) is 5.56 Å². The lowest BCUT2D eigenvalue weighted by atomic mass is 10.1. The van der Waals surface area contributed by atoms with Crippen molar-refractivity contribution in [2.75, 3.05) is 0 Å². The Balaban J connectivity index is 2.51. The van der Waals surface area contributed by atoms with Crippen LogP contribution in [0.1, 0.15) is 5.82 Å². The lowest BCUT2D eigenvalue weighted by Gasteiger charge is -2.09. The highest BCUT2D eigenvalue weighted by atomic mass is 35.6. The molecule has 0 amide bonds. The quantitative estimate of drug-likeness (QED) is 0.819. The van der Waals surface area contributed by atoms with Crippen LogP contribution in [0.3, 0.4) is 0 Å². The number of hydrogen-bond acceptors (Lipinski definition) is 2. The van der Waals surface area contributed by atoms with Crippen LogP contribution in [0.15, 0.2) is 41.3 Å². The summed E-state index contributed by atoms with van der Waals surface area (Å²) in [5, 5.41) is 0. The number of nitrogens with zero attached hydrogens (tertiary/aromatic N) is 1. The van der Waals surface area contributed by atoms with Crippen LogP contribution in [-0.2, 0) is 3.79 Å². The maximum absolute atomic E-state index is 11.8. The van der Waals surface area contributed by atoms with Crippen molar-refractivity contribution in [3.05, 3.63) is 52.7 Å². The van der Waals surface area contributed by atoms with E-state index in [-0.39, 0.29) is 11.4 Å². The van der Waals surface area contributed by atoms with E-state index in [4.69, 9.17) is 34.8 Å². The largest absolute Gasteiger partial charge is 0.306 e. The van der Waals surface area contributed by atoms with Crippen LogP contribution in [0.2, 0.25) is 0 Å². The third-order valence-corrected chi connectivity index (χ3v) is 2.69. The zero-order valence-electron chi connectivity index (χ0n) is 8.45. The van der Waals surface area contributed by atoms with Crippen molar-refractivity contribution in [1.82, 2.24) is 9.97 Å². The number of aromatic amines is 1. The minimum absolute atomic E-state index is 0.00665. The van der Waals surface area contributed by atoms with Gasteiger partial charge >= 0.3 is 0 Å². The second-order valence-electron chi connectivity index (χ2n) is 3.34. The molecular weight excluding hydrogens is 282 g/mol. The molecule has 0 spiro atoms. The Hall–Kier alpha value is -1.03. The maximum Gasteiger partial charge on any atom is 0.258 e. The van der Waals surface area contributed by atoms with E-state index in [0.29, 0.717) is 5.56 Å². The molecule has 88 valence electrons. The summed E-state index contributed by atoms with van der Waals surface area (Å²) in [6, 6.07) is 9.14. The van der Waals surface area contributed by atoms with Crippen LogP contribution in [0.5, 0.6) is 0 Å². The van der Waals surface area contributed by atoms with Gasteiger partial charge in [0.2, 0.25) is 3.79 Å². The molecule has 0 fully saturated rings. The van der Waals surface area contributed by atoms with E-state index in [1.807, 2.05) is 18.2 Å². The first-order valence-electron chi connectivity index (χ1n) is 4.70. The molecule has 3 nitrogen and oxygen atoms in total. The van der Waals surface area contributed by atoms with Gasteiger partial charge in [0.15, 0.2) is 5.82 Å². The Labute approximate surface area is 112 Å². The molecule has 17 heavy (non-hydrogen) atoms. The fraction of sp³-hybridized carbons (Fsp3) is 0.0909. The van der Waals surface area contributed by atoms with E-state index in [0.717, 1.165) is 5.56 Å². The molecule has 0 atom stereocenters. The first kappa shape index (κ1) is 12.4. The average Bonchev–Trinajstić information content (AvgIpc) is 2.29. The predicted octanol–water partition coefficient (Wildman–Crippen LogP) is 3.26. The summed E-state index contributed by atoms with van der Waals surface area (Å²) in [5.74, 6) is 0.00665. The monoisotopic (exact) mass is 288 g/mol. The van der Waals surface area contributed by atoms with Crippen molar-refractivity contribution >= 4 is 34.8 Å². The van der Waals surface area contributed by atoms with Crippen LogP contribution in [0.4, 0.5) is 0 Å². The van der Waals surface area contributed by atoms with E-state index in [2.05, 4.69) is 9.97 Å². The summed E-state index contributed by atoms with van der Waals surface area (Å²) >= 11 is 16.9. The van der Waals surface area contributed by atoms with Gasteiger partial charge in [-0.2, -0.15) is 0 Å². The number of rotatable bonds is 1. The molecule has 2 rings (SSSR count). The minimum atomic E-state index is -1.73. The molecule has 6 heteroatoms. The van der Waals surface area contributed by atoms with Gasteiger partial charge in [-0.1, -0.05) is 65.1 Å². The average molecular weight is 290 g/mol. The van der Waals surface area contributed by atoms with E-state index in [1.54, 1.807) is 12.1 Å². The summed E-state index contributed by atoms with van der Waals surface area (Å²) in [4.78, 5) is 18.2. The molecule has 0 saturated heterocycles. The van der Waals surface area contributed by atoms with Crippen LogP contribution in [-0.4, -0.2) is 9.97 Å². The van der Waals surface area contributed by atoms with Gasteiger partial charge in [-0.25, -0.2) is 4.98 Å². The number of halogens is 3. The zero-order chi connectivity index (χ0) is 12.5. The number of aromatic nitrogens is 2. The highest BCUT2D eigenvalue weighted by Crippen LogP contribution is 2.35. The van der Waals surface area contributed by atoms with Crippen molar-refractivity contribution < 1.29 is 0 Å². The minimum Gasteiger partial charge on any atom is -0.306 e. The highest BCUT2D eigenvalue weighted by molar-refractivity contribution is 6.66. The fourth-order valence-electron chi connectivity index (χ4n) is 1.36. The van der Waals surface area contributed by atoms with Crippen LogP contribution >= 0.6 is 34.8 Å². The van der Waals surface area contributed by atoms with Crippen LogP contribution in [0.25, 0.3) is 11.1 Å². The Kier molecular flexibility index (Phi) is 3.43. The van der Waals surface area contributed by atoms with Crippen molar-refractivity contribution in [3.8, 4) is 11.1 Å². The lowest BCUT2D eigenvalue weighted by molar-refractivity contribution is 0.948. The summed E-state index contributed by atoms with van der Waals surface area (Å²) in [6.07, 6.45) is 1.39. The third-order valence-electron chi connectivity index (χ3n) is 2.15. The van der Waals surface area contributed by atoms with Gasteiger partial charge < -0.3 is 4.98 Å². The van der Waals surface area contributed by atoms with E-state index in [9.17, 15) is 4.79 Å². The Bertz CT molecular complexity index is 575. The second kappa shape index (κ2) is 4.69. The standard InChI is InChI=1S/C11H7Cl3N2O/c12-11(13,14)10-15-6-8(9(17)16-10)7-4-2-1-3-5-7/h1-6H,(H,15,16,17). The molecular formula is C11H7Cl3N2O. The molecule has 0 aliphatic heterocycles. The molecule has 0 aliphatic rings.